The van der Waals surface area contributed by atoms with Gasteiger partial charge < -0.3 is 9.47 Å². The molecule has 3 aromatic carbocycles. The average molecular weight is 382 g/mol. The zero-order valence-electron chi connectivity index (χ0n) is 14.2. The van der Waals surface area contributed by atoms with E-state index in [0.717, 1.165) is 24.3 Å². The van der Waals surface area contributed by atoms with Crippen molar-refractivity contribution in [1.29, 1.82) is 0 Å². The van der Waals surface area contributed by atoms with Crippen LogP contribution in [0.3, 0.4) is 0 Å². The molecule has 0 aromatic heterocycles. The van der Waals surface area contributed by atoms with Gasteiger partial charge in [-0.2, -0.15) is 0 Å². The van der Waals surface area contributed by atoms with Crippen LogP contribution in [0.1, 0.15) is 31.1 Å². The van der Waals surface area contributed by atoms with E-state index >= 15 is 0 Å². The van der Waals surface area contributed by atoms with Gasteiger partial charge in [0.15, 0.2) is 6.29 Å². The number of benzene rings is 3. The Morgan fingerprint density at radius 2 is 1.21 bits per heavy atom. The molecule has 5 nitrogen and oxygen atoms in total. The average Bonchev–Trinajstić information content (AvgIpc) is 2.69. The van der Waals surface area contributed by atoms with E-state index in [1.807, 2.05) is 0 Å². The van der Waals surface area contributed by atoms with Crippen molar-refractivity contribution in [3.63, 3.8) is 0 Å². The summed E-state index contributed by atoms with van der Waals surface area (Å²) in [6.07, 6.45) is 0.471. The minimum Gasteiger partial charge on any atom is -0.423 e. The number of aldehydes is 1. The third kappa shape index (κ3) is 4.45. The van der Waals surface area contributed by atoms with Gasteiger partial charge in [0.25, 0.3) is 0 Å². The number of hydrogen-bond donors (Lipinski definition) is 0. The van der Waals surface area contributed by atoms with Crippen LogP contribution in [0.15, 0.2) is 66.7 Å². The smallest absolute Gasteiger partial charge is 0.343 e. The number of esters is 2. The topological polar surface area (TPSA) is 69.7 Å². The van der Waals surface area contributed by atoms with Crippen molar-refractivity contribution in [1.82, 2.24) is 0 Å². The molecule has 0 aliphatic rings. The van der Waals surface area contributed by atoms with Crippen LogP contribution in [0.2, 0.25) is 0 Å². The minimum absolute atomic E-state index is 0.0156. The van der Waals surface area contributed by atoms with Crippen molar-refractivity contribution in [2.45, 2.75) is 0 Å². The lowest BCUT2D eigenvalue weighted by Gasteiger charge is -2.10. The molecule has 0 atom stereocenters. The van der Waals surface area contributed by atoms with Crippen LogP contribution in [0, 0.1) is 11.6 Å². The van der Waals surface area contributed by atoms with Gasteiger partial charge in [0.2, 0.25) is 0 Å². The Morgan fingerprint density at radius 1 is 0.714 bits per heavy atom. The van der Waals surface area contributed by atoms with Gasteiger partial charge in [-0.1, -0.05) is 0 Å². The monoisotopic (exact) mass is 382 g/mol. The molecule has 3 aromatic rings. The van der Waals surface area contributed by atoms with Gasteiger partial charge in [0.05, 0.1) is 16.7 Å². The molecular weight excluding hydrogens is 370 g/mol. The van der Waals surface area contributed by atoms with Crippen LogP contribution in [0.5, 0.6) is 11.5 Å². The summed E-state index contributed by atoms with van der Waals surface area (Å²) in [5, 5.41) is 0. The minimum atomic E-state index is -0.815. The van der Waals surface area contributed by atoms with Gasteiger partial charge in [-0.3, -0.25) is 4.79 Å². The predicted molar refractivity (Wildman–Crippen MR) is 94.5 cm³/mol. The van der Waals surface area contributed by atoms with Gasteiger partial charge >= 0.3 is 11.9 Å². The van der Waals surface area contributed by atoms with Crippen LogP contribution in [0.25, 0.3) is 0 Å². The molecule has 7 heteroatoms. The quantitative estimate of drug-likeness (QED) is 0.376. The highest BCUT2D eigenvalue weighted by Gasteiger charge is 2.15. The molecule has 28 heavy (non-hydrogen) atoms. The predicted octanol–water partition coefficient (Wildman–Crippen LogP) is 4.22. The van der Waals surface area contributed by atoms with Gasteiger partial charge in [-0.25, -0.2) is 18.4 Å². The van der Waals surface area contributed by atoms with Crippen molar-refractivity contribution < 1.29 is 32.6 Å². The Balaban J connectivity index is 1.80. The van der Waals surface area contributed by atoms with E-state index in [-0.39, 0.29) is 28.2 Å². The molecule has 140 valence electrons. The Morgan fingerprint density at radius 3 is 1.71 bits per heavy atom. The molecule has 0 amide bonds. The fourth-order valence-corrected chi connectivity index (χ4v) is 2.26. The lowest BCUT2D eigenvalue weighted by molar-refractivity contribution is 0.0732. The highest BCUT2D eigenvalue weighted by Crippen LogP contribution is 2.25. The third-order valence-corrected chi connectivity index (χ3v) is 3.69. The molecule has 0 aliphatic carbocycles. The van der Waals surface area contributed by atoms with Crippen LogP contribution >= 0.6 is 0 Å². The van der Waals surface area contributed by atoms with Crippen LogP contribution in [-0.4, -0.2) is 18.2 Å². The molecule has 3 rings (SSSR count). The van der Waals surface area contributed by atoms with Crippen molar-refractivity contribution in [2.75, 3.05) is 0 Å². The lowest BCUT2D eigenvalue weighted by Crippen LogP contribution is -2.11. The van der Waals surface area contributed by atoms with Gasteiger partial charge in [0.1, 0.15) is 23.1 Å². The van der Waals surface area contributed by atoms with Crippen LogP contribution in [-0.2, 0) is 0 Å². The fourth-order valence-electron chi connectivity index (χ4n) is 2.26. The summed E-state index contributed by atoms with van der Waals surface area (Å²) < 4.78 is 36.2. The standard InChI is InChI=1S/C21H12F2O5/c22-16-6-1-13(2-7-16)20(25)27-18-10-5-15(12-24)19(11-18)28-21(26)14-3-8-17(23)9-4-14/h1-12H. The maximum Gasteiger partial charge on any atom is 0.343 e. The second-order valence-corrected chi connectivity index (χ2v) is 5.61. The van der Waals surface area contributed by atoms with E-state index in [0.29, 0.717) is 6.29 Å². The molecule has 0 saturated carbocycles. The number of carbonyl (C=O) groups is 3. The normalized spacial score (nSPS) is 10.2. The van der Waals surface area contributed by atoms with E-state index in [1.54, 1.807) is 0 Å². The molecule has 0 N–H and O–H groups in total. The molecule has 0 saturated heterocycles. The molecular formula is C21H12F2O5. The van der Waals surface area contributed by atoms with Crippen LogP contribution < -0.4 is 9.47 Å². The maximum atomic E-state index is 13.0. The van der Waals surface area contributed by atoms with E-state index in [9.17, 15) is 23.2 Å². The molecule has 0 spiro atoms. The van der Waals surface area contributed by atoms with Gasteiger partial charge in [-0.05, 0) is 60.7 Å². The summed E-state index contributed by atoms with van der Waals surface area (Å²) in [7, 11) is 0. The first-order valence-corrected chi connectivity index (χ1v) is 8.01. The summed E-state index contributed by atoms with van der Waals surface area (Å²) in [5.41, 5.74) is 0.245. The molecule has 0 bridgehead atoms. The maximum absolute atomic E-state index is 13.0. The van der Waals surface area contributed by atoms with Gasteiger partial charge in [-0.15, -0.1) is 0 Å². The summed E-state index contributed by atoms with van der Waals surface area (Å²) in [6, 6.07) is 13.3. The highest BCUT2D eigenvalue weighted by molar-refractivity contribution is 5.93. The van der Waals surface area contributed by atoms with Crippen molar-refractivity contribution in [3.05, 3.63) is 95.1 Å². The summed E-state index contributed by atoms with van der Waals surface area (Å²) in [6.45, 7) is 0. The molecule has 0 radical (unpaired) electrons. The van der Waals surface area contributed by atoms with E-state index < -0.39 is 23.6 Å². The molecule has 0 heterocycles. The first-order chi connectivity index (χ1) is 13.5. The lowest BCUT2D eigenvalue weighted by atomic mass is 10.2. The van der Waals surface area contributed by atoms with Crippen molar-refractivity contribution in [3.8, 4) is 11.5 Å². The summed E-state index contributed by atoms with van der Waals surface area (Å²) >= 11 is 0. The molecule has 0 unspecified atom stereocenters. The molecule has 0 aliphatic heterocycles. The Bertz CT molecular complexity index is 1030. The number of rotatable bonds is 5. The summed E-state index contributed by atoms with van der Waals surface area (Å²) in [5.74, 6) is -2.70. The second kappa shape index (κ2) is 8.22. The Labute approximate surface area is 158 Å². The first-order valence-electron chi connectivity index (χ1n) is 8.01. The Kier molecular flexibility index (Phi) is 5.55. The first kappa shape index (κ1) is 18.9. The van der Waals surface area contributed by atoms with Crippen molar-refractivity contribution in [2.24, 2.45) is 0 Å². The van der Waals surface area contributed by atoms with Crippen LogP contribution in [0.4, 0.5) is 8.78 Å². The largest absolute Gasteiger partial charge is 0.423 e. The van der Waals surface area contributed by atoms with Gasteiger partial charge in [0, 0.05) is 6.07 Å². The zero-order chi connectivity index (χ0) is 20.1. The highest BCUT2D eigenvalue weighted by atomic mass is 19.1. The third-order valence-electron chi connectivity index (χ3n) is 3.69. The zero-order valence-corrected chi connectivity index (χ0v) is 14.2. The number of ether oxygens (including phenoxy) is 2. The Hall–Kier alpha value is -3.87. The second-order valence-electron chi connectivity index (χ2n) is 5.61. The van der Waals surface area contributed by atoms with E-state index in [2.05, 4.69) is 0 Å². The number of hydrogen-bond acceptors (Lipinski definition) is 5. The molecule has 0 fully saturated rings. The number of carbonyl (C=O) groups excluding carboxylic acids is 3. The van der Waals surface area contributed by atoms with E-state index in [4.69, 9.17) is 9.47 Å². The fraction of sp³-hybridized carbons (Fsp3) is 0. The SMILES string of the molecule is O=Cc1ccc(OC(=O)c2ccc(F)cc2)cc1OC(=O)c1ccc(F)cc1. The number of halogens is 2. The van der Waals surface area contributed by atoms with E-state index in [1.165, 1.54) is 42.5 Å². The van der Waals surface area contributed by atoms with Crippen molar-refractivity contribution >= 4 is 18.2 Å². The summed E-state index contributed by atoms with van der Waals surface area (Å²) in [4.78, 5) is 35.5.